The molecule has 1 aromatic heterocycles. The standard InChI is InChI=1S/C13H17N3O2/c1-9(11-6-4-5-7-12(11)17-3)14-8-13-15-10(2)18-16-13/h4-7,9,14H,8H2,1-3H3/t9-/m0/s1. The maximum Gasteiger partial charge on any atom is 0.223 e. The van der Waals surface area contributed by atoms with Crippen molar-refractivity contribution in [3.63, 3.8) is 0 Å². The van der Waals surface area contributed by atoms with Gasteiger partial charge in [0, 0.05) is 18.5 Å². The zero-order chi connectivity index (χ0) is 13.0. The molecule has 0 aliphatic heterocycles. The maximum atomic E-state index is 5.33. The fourth-order valence-electron chi connectivity index (χ4n) is 1.79. The van der Waals surface area contributed by atoms with Crippen LogP contribution in [0.25, 0.3) is 0 Å². The Kier molecular flexibility index (Phi) is 3.94. The van der Waals surface area contributed by atoms with Crippen molar-refractivity contribution in [3.05, 3.63) is 41.5 Å². The maximum absolute atomic E-state index is 5.33. The quantitative estimate of drug-likeness (QED) is 0.878. The third-order valence-electron chi connectivity index (χ3n) is 2.74. The molecule has 1 heterocycles. The highest BCUT2D eigenvalue weighted by atomic mass is 16.5. The number of nitrogens with zero attached hydrogens (tertiary/aromatic N) is 2. The van der Waals surface area contributed by atoms with Gasteiger partial charge in [0.05, 0.1) is 13.7 Å². The molecule has 5 nitrogen and oxygen atoms in total. The van der Waals surface area contributed by atoms with Gasteiger partial charge in [0.25, 0.3) is 0 Å². The first kappa shape index (κ1) is 12.6. The highest BCUT2D eigenvalue weighted by Gasteiger charge is 2.11. The first-order chi connectivity index (χ1) is 8.70. The molecule has 0 aliphatic carbocycles. The second-order valence-corrected chi connectivity index (χ2v) is 4.07. The summed E-state index contributed by atoms with van der Waals surface area (Å²) in [6, 6.07) is 8.09. The minimum Gasteiger partial charge on any atom is -0.496 e. The predicted molar refractivity (Wildman–Crippen MR) is 67.3 cm³/mol. The molecule has 0 spiro atoms. The van der Waals surface area contributed by atoms with Gasteiger partial charge < -0.3 is 14.6 Å². The third kappa shape index (κ3) is 2.87. The summed E-state index contributed by atoms with van der Waals surface area (Å²) in [6.07, 6.45) is 0. The molecule has 1 N–H and O–H groups in total. The second-order valence-electron chi connectivity index (χ2n) is 4.07. The third-order valence-corrected chi connectivity index (χ3v) is 2.74. The van der Waals surface area contributed by atoms with Gasteiger partial charge in [-0.1, -0.05) is 23.4 Å². The van der Waals surface area contributed by atoms with Gasteiger partial charge in [0.2, 0.25) is 5.89 Å². The Morgan fingerprint density at radius 1 is 1.39 bits per heavy atom. The summed E-state index contributed by atoms with van der Waals surface area (Å²) in [5, 5.41) is 7.18. The van der Waals surface area contributed by atoms with E-state index in [1.807, 2.05) is 24.3 Å². The van der Waals surface area contributed by atoms with Gasteiger partial charge in [-0.25, -0.2) is 0 Å². The van der Waals surface area contributed by atoms with Crippen LogP contribution in [0.3, 0.4) is 0 Å². The molecule has 5 heteroatoms. The number of para-hydroxylation sites is 1. The summed E-state index contributed by atoms with van der Waals surface area (Å²) >= 11 is 0. The molecule has 2 aromatic rings. The molecule has 0 saturated carbocycles. The summed E-state index contributed by atoms with van der Waals surface area (Å²) in [5.41, 5.74) is 1.11. The molecule has 0 radical (unpaired) electrons. The fraction of sp³-hybridized carbons (Fsp3) is 0.385. The molecule has 18 heavy (non-hydrogen) atoms. The highest BCUT2D eigenvalue weighted by molar-refractivity contribution is 5.35. The van der Waals surface area contributed by atoms with Crippen LogP contribution >= 0.6 is 0 Å². The van der Waals surface area contributed by atoms with Crippen LogP contribution in [-0.4, -0.2) is 17.3 Å². The molecule has 0 saturated heterocycles. The summed E-state index contributed by atoms with van der Waals surface area (Å²) in [6.45, 7) is 4.42. The lowest BCUT2D eigenvalue weighted by Gasteiger charge is -2.16. The van der Waals surface area contributed by atoms with Crippen molar-refractivity contribution >= 4 is 0 Å². The monoisotopic (exact) mass is 247 g/mol. The SMILES string of the molecule is COc1ccccc1[C@H](C)NCc1noc(C)n1. The van der Waals surface area contributed by atoms with Crippen LogP contribution in [0.15, 0.2) is 28.8 Å². The molecule has 1 aromatic carbocycles. The lowest BCUT2D eigenvalue weighted by Crippen LogP contribution is -2.19. The van der Waals surface area contributed by atoms with E-state index in [1.54, 1.807) is 14.0 Å². The van der Waals surface area contributed by atoms with Crippen molar-refractivity contribution < 1.29 is 9.26 Å². The molecule has 0 amide bonds. The summed E-state index contributed by atoms with van der Waals surface area (Å²) < 4.78 is 10.3. The van der Waals surface area contributed by atoms with Gasteiger partial charge in [-0.3, -0.25) is 0 Å². The van der Waals surface area contributed by atoms with Crippen LogP contribution in [0.1, 0.15) is 30.2 Å². The van der Waals surface area contributed by atoms with E-state index in [9.17, 15) is 0 Å². The van der Waals surface area contributed by atoms with E-state index in [2.05, 4.69) is 22.4 Å². The average Bonchev–Trinajstić information content (AvgIpc) is 2.81. The van der Waals surface area contributed by atoms with Crippen LogP contribution in [0, 0.1) is 6.92 Å². The smallest absolute Gasteiger partial charge is 0.223 e. The van der Waals surface area contributed by atoms with Crippen LogP contribution in [-0.2, 0) is 6.54 Å². The highest BCUT2D eigenvalue weighted by Crippen LogP contribution is 2.24. The number of aryl methyl sites for hydroxylation is 1. The molecule has 96 valence electrons. The minimum absolute atomic E-state index is 0.153. The van der Waals surface area contributed by atoms with Gasteiger partial charge in [-0.2, -0.15) is 4.98 Å². The fourth-order valence-corrected chi connectivity index (χ4v) is 1.79. The summed E-state index contributed by atoms with van der Waals surface area (Å²) in [5.74, 6) is 2.12. The number of aromatic nitrogens is 2. The van der Waals surface area contributed by atoms with Crippen LogP contribution in [0.2, 0.25) is 0 Å². The number of rotatable bonds is 5. The first-order valence-corrected chi connectivity index (χ1v) is 5.86. The Morgan fingerprint density at radius 2 is 2.17 bits per heavy atom. The van der Waals surface area contributed by atoms with Crippen molar-refractivity contribution in [2.75, 3.05) is 7.11 Å². The van der Waals surface area contributed by atoms with Crippen molar-refractivity contribution in [2.45, 2.75) is 26.4 Å². The Morgan fingerprint density at radius 3 is 2.83 bits per heavy atom. The number of ether oxygens (including phenoxy) is 1. The predicted octanol–water partition coefficient (Wildman–Crippen LogP) is 2.24. The van der Waals surface area contributed by atoms with Crippen molar-refractivity contribution in [1.82, 2.24) is 15.5 Å². The van der Waals surface area contributed by atoms with E-state index in [0.29, 0.717) is 18.3 Å². The van der Waals surface area contributed by atoms with Crippen molar-refractivity contribution in [3.8, 4) is 5.75 Å². The minimum atomic E-state index is 0.153. The Balaban J connectivity index is 2.01. The molecular formula is C13H17N3O2. The van der Waals surface area contributed by atoms with E-state index in [1.165, 1.54) is 0 Å². The molecule has 0 fully saturated rings. The van der Waals surface area contributed by atoms with Crippen LogP contribution < -0.4 is 10.1 Å². The molecular weight excluding hydrogens is 230 g/mol. The Hall–Kier alpha value is -1.88. The first-order valence-electron chi connectivity index (χ1n) is 5.86. The summed E-state index contributed by atoms with van der Waals surface area (Å²) in [7, 11) is 1.67. The van der Waals surface area contributed by atoms with E-state index < -0.39 is 0 Å². The van der Waals surface area contributed by atoms with Crippen molar-refractivity contribution in [2.24, 2.45) is 0 Å². The normalized spacial score (nSPS) is 12.4. The van der Waals surface area contributed by atoms with Crippen LogP contribution in [0.5, 0.6) is 5.75 Å². The number of hydrogen-bond donors (Lipinski definition) is 1. The molecule has 0 aliphatic rings. The molecule has 0 bridgehead atoms. The number of hydrogen-bond acceptors (Lipinski definition) is 5. The van der Waals surface area contributed by atoms with E-state index in [4.69, 9.17) is 9.26 Å². The lowest BCUT2D eigenvalue weighted by molar-refractivity contribution is 0.382. The lowest BCUT2D eigenvalue weighted by atomic mass is 10.1. The number of nitrogens with one attached hydrogen (secondary N) is 1. The zero-order valence-corrected chi connectivity index (χ0v) is 10.8. The largest absolute Gasteiger partial charge is 0.496 e. The molecule has 2 rings (SSSR count). The van der Waals surface area contributed by atoms with E-state index in [0.717, 1.165) is 11.3 Å². The van der Waals surface area contributed by atoms with Crippen molar-refractivity contribution in [1.29, 1.82) is 0 Å². The van der Waals surface area contributed by atoms with Gasteiger partial charge in [-0.15, -0.1) is 0 Å². The summed E-state index contributed by atoms with van der Waals surface area (Å²) in [4.78, 5) is 4.15. The van der Waals surface area contributed by atoms with Gasteiger partial charge in [0.1, 0.15) is 5.75 Å². The Bertz CT molecular complexity index is 510. The Labute approximate surface area is 106 Å². The van der Waals surface area contributed by atoms with Gasteiger partial charge in [0.15, 0.2) is 5.82 Å². The second kappa shape index (κ2) is 5.64. The topological polar surface area (TPSA) is 60.2 Å². The van der Waals surface area contributed by atoms with Crippen LogP contribution in [0.4, 0.5) is 0 Å². The average molecular weight is 247 g/mol. The number of benzene rings is 1. The number of methoxy groups -OCH3 is 1. The van der Waals surface area contributed by atoms with Gasteiger partial charge >= 0.3 is 0 Å². The van der Waals surface area contributed by atoms with E-state index in [-0.39, 0.29) is 6.04 Å². The van der Waals surface area contributed by atoms with Gasteiger partial charge in [-0.05, 0) is 13.0 Å². The zero-order valence-electron chi connectivity index (χ0n) is 10.8. The molecule has 0 unspecified atom stereocenters. The van der Waals surface area contributed by atoms with E-state index >= 15 is 0 Å². The molecule has 1 atom stereocenters.